The molecule has 6 nitrogen and oxygen atoms in total. The second kappa shape index (κ2) is 8.54. The van der Waals surface area contributed by atoms with Crippen LogP contribution in [0.2, 0.25) is 0 Å². The van der Waals surface area contributed by atoms with Crippen LogP contribution < -0.4 is 10.6 Å². The highest BCUT2D eigenvalue weighted by molar-refractivity contribution is 6.13. The molecule has 0 aliphatic carbocycles. The van der Waals surface area contributed by atoms with Gasteiger partial charge < -0.3 is 15.1 Å². The second-order valence-corrected chi connectivity index (χ2v) is 6.88. The van der Waals surface area contributed by atoms with Crippen LogP contribution in [0.15, 0.2) is 77.4 Å². The Morgan fingerprint density at radius 2 is 1.69 bits per heavy atom. The number of nitrogens with zero attached hydrogens (tertiary/aromatic N) is 1. The molecule has 0 unspecified atom stereocenters. The predicted octanol–water partition coefficient (Wildman–Crippen LogP) is 5.04. The number of hydrogen-bond donors (Lipinski definition) is 2. The van der Waals surface area contributed by atoms with Gasteiger partial charge in [-0.15, -0.1) is 0 Å². The van der Waals surface area contributed by atoms with Gasteiger partial charge in [0, 0.05) is 16.6 Å². The monoisotopic (exact) mass is 439 g/mol. The number of anilines is 1. The fourth-order valence-corrected chi connectivity index (χ4v) is 3.10. The number of aromatic nitrogens is 1. The molecule has 0 saturated heterocycles. The van der Waals surface area contributed by atoms with Gasteiger partial charge in [0.2, 0.25) is 0 Å². The summed E-state index contributed by atoms with van der Waals surface area (Å²) in [6.45, 7) is -1.42. The molecule has 162 valence electrons. The van der Waals surface area contributed by atoms with Crippen LogP contribution in [0, 0.1) is 0 Å². The number of carbonyl (C=O) groups excluding carboxylic acids is 2. The summed E-state index contributed by atoms with van der Waals surface area (Å²) >= 11 is 0. The van der Waals surface area contributed by atoms with Gasteiger partial charge in [-0.25, -0.2) is 4.98 Å². The molecule has 0 fully saturated rings. The minimum absolute atomic E-state index is 0.0433. The molecule has 4 aromatic rings. The van der Waals surface area contributed by atoms with Gasteiger partial charge in [-0.05, 0) is 48.5 Å². The summed E-state index contributed by atoms with van der Waals surface area (Å²) in [7, 11) is 0. The van der Waals surface area contributed by atoms with E-state index in [1.807, 2.05) is 6.07 Å². The van der Waals surface area contributed by atoms with Gasteiger partial charge in [0.05, 0.1) is 17.3 Å². The van der Waals surface area contributed by atoms with Crippen molar-refractivity contribution in [3.8, 4) is 11.5 Å². The van der Waals surface area contributed by atoms with Crippen molar-refractivity contribution in [2.24, 2.45) is 0 Å². The fraction of sp³-hybridized carbons (Fsp3) is 0.0870. The summed E-state index contributed by atoms with van der Waals surface area (Å²) in [4.78, 5) is 29.4. The number of pyridine rings is 1. The molecule has 32 heavy (non-hydrogen) atoms. The average Bonchev–Trinajstić information content (AvgIpc) is 3.32. The SMILES string of the molecule is O=C(NCC(F)(F)F)c1ccc(NC(=O)c2cc(-c3ccco3)nc3ccccc23)cc1. The van der Waals surface area contributed by atoms with E-state index in [9.17, 15) is 22.8 Å². The summed E-state index contributed by atoms with van der Waals surface area (Å²) in [6, 6.07) is 17.8. The van der Waals surface area contributed by atoms with Crippen LogP contribution in [0.5, 0.6) is 0 Å². The number of halogens is 3. The quantitative estimate of drug-likeness (QED) is 0.456. The van der Waals surface area contributed by atoms with E-state index in [2.05, 4.69) is 10.3 Å². The molecule has 2 amide bonds. The molecule has 0 atom stereocenters. The summed E-state index contributed by atoms with van der Waals surface area (Å²) in [5.74, 6) is -0.756. The topological polar surface area (TPSA) is 84.2 Å². The minimum Gasteiger partial charge on any atom is -0.463 e. The van der Waals surface area contributed by atoms with Crippen LogP contribution in [-0.2, 0) is 0 Å². The van der Waals surface area contributed by atoms with Gasteiger partial charge in [0.25, 0.3) is 11.8 Å². The van der Waals surface area contributed by atoms with Gasteiger partial charge in [-0.1, -0.05) is 18.2 Å². The number of furan rings is 1. The summed E-state index contributed by atoms with van der Waals surface area (Å²) in [5.41, 5.74) is 1.90. The lowest BCUT2D eigenvalue weighted by Gasteiger charge is -2.11. The molecule has 0 aliphatic heterocycles. The third kappa shape index (κ3) is 4.77. The van der Waals surface area contributed by atoms with Gasteiger partial charge in [0.15, 0.2) is 5.76 Å². The first kappa shape index (κ1) is 21.1. The fourth-order valence-electron chi connectivity index (χ4n) is 3.10. The van der Waals surface area contributed by atoms with Gasteiger partial charge in [0.1, 0.15) is 12.2 Å². The Bertz CT molecular complexity index is 1270. The Morgan fingerprint density at radius 1 is 0.938 bits per heavy atom. The number of carbonyl (C=O) groups is 2. The van der Waals surface area contributed by atoms with Crippen molar-refractivity contribution < 1.29 is 27.2 Å². The highest BCUT2D eigenvalue weighted by Crippen LogP contribution is 2.26. The maximum Gasteiger partial charge on any atom is 0.405 e. The Labute approximate surface area is 180 Å². The molecule has 4 rings (SSSR count). The number of benzene rings is 2. The molecule has 0 spiro atoms. The van der Waals surface area contributed by atoms with Crippen molar-refractivity contribution in [2.45, 2.75) is 6.18 Å². The van der Waals surface area contributed by atoms with Crippen molar-refractivity contribution in [1.29, 1.82) is 0 Å². The highest BCUT2D eigenvalue weighted by atomic mass is 19.4. The number of nitrogens with one attached hydrogen (secondary N) is 2. The molecule has 2 aromatic carbocycles. The van der Waals surface area contributed by atoms with Gasteiger partial charge in [-0.2, -0.15) is 13.2 Å². The van der Waals surface area contributed by atoms with Crippen molar-refractivity contribution in [2.75, 3.05) is 11.9 Å². The normalized spacial score (nSPS) is 11.3. The lowest BCUT2D eigenvalue weighted by molar-refractivity contribution is -0.123. The summed E-state index contributed by atoms with van der Waals surface area (Å²) < 4.78 is 42.2. The Morgan fingerprint density at radius 3 is 2.38 bits per heavy atom. The maximum atomic E-state index is 13.0. The van der Waals surface area contributed by atoms with Crippen molar-refractivity contribution in [3.63, 3.8) is 0 Å². The number of para-hydroxylation sites is 1. The third-order valence-corrected chi connectivity index (χ3v) is 4.59. The van der Waals surface area contributed by atoms with Gasteiger partial charge >= 0.3 is 6.18 Å². The first-order valence-electron chi connectivity index (χ1n) is 9.50. The first-order chi connectivity index (χ1) is 15.3. The van der Waals surface area contributed by atoms with Gasteiger partial charge in [-0.3, -0.25) is 9.59 Å². The summed E-state index contributed by atoms with van der Waals surface area (Å²) in [6.07, 6.45) is -2.98. The largest absolute Gasteiger partial charge is 0.463 e. The van der Waals surface area contributed by atoms with Crippen molar-refractivity contribution >= 4 is 28.4 Å². The van der Waals surface area contributed by atoms with Crippen LogP contribution in [0.1, 0.15) is 20.7 Å². The van der Waals surface area contributed by atoms with E-state index in [-0.39, 0.29) is 5.56 Å². The maximum absolute atomic E-state index is 13.0. The van der Waals surface area contributed by atoms with E-state index < -0.39 is 24.5 Å². The Kier molecular flexibility index (Phi) is 5.63. The zero-order valence-electron chi connectivity index (χ0n) is 16.4. The van der Waals surface area contributed by atoms with E-state index in [0.29, 0.717) is 33.6 Å². The number of amides is 2. The molecule has 2 N–H and O–H groups in total. The van der Waals surface area contributed by atoms with Crippen LogP contribution >= 0.6 is 0 Å². The zero-order valence-corrected chi connectivity index (χ0v) is 16.4. The Hall–Kier alpha value is -4.14. The second-order valence-electron chi connectivity index (χ2n) is 6.88. The molecule has 0 bridgehead atoms. The van der Waals surface area contributed by atoms with E-state index in [4.69, 9.17) is 4.42 Å². The smallest absolute Gasteiger partial charge is 0.405 e. The van der Waals surface area contributed by atoms with E-state index in [1.54, 1.807) is 41.7 Å². The third-order valence-electron chi connectivity index (χ3n) is 4.59. The highest BCUT2D eigenvalue weighted by Gasteiger charge is 2.27. The van der Waals surface area contributed by atoms with Crippen molar-refractivity contribution in [1.82, 2.24) is 10.3 Å². The molecular weight excluding hydrogens is 423 g/mol. The number of alkyl halides is 3. The van der Waals surface area contributed by atoms with E-state index in [1.165, 1.54) is 30.5 Å². The number of fused-ring (bicyclic) bond motifs is 1. The summed E-state index contributed by atoms with van der Waals surface area (Å²) in [5, 5.41) is 5.18. The van der Waals surface area contributed by atoms with E-state index in [0.717, 1.165) is 0 Å². The number of rotatable bonds is 5. The molecule has 2 heterocycles. The molecule has 0 radical (unpaired) electrons. The van der Waals surface area contributed by atoms with Crippen LogP contribution in [0.25, 0.3) is 22.4 Å². The number of hydrogen-bond acceptors (Lipinski definition) is 4. The standard InChI is InChI=1S/C23H16F3N3O3/c24-23(25,26)13-27-21(30)14-7-9-15(10-8-14)28-22(31)17-12-19(20-6-3-11-32-20)29-18-5-2-1-4-16(17)18/h1-12H,13H2,(H,27,30)(H,28,31). The average molecular weight is 439 g/mol. The first-order valence-corrected chi connectivity index (χ1v) is 9.50. The minimum atomic E-state index is -4.49. The van der Waals surface area contributed by atoms with Crippen LogP contribution in [0.4, 0.5) is 18.9 Å². The molecule has 0 saturated carbocycles. The Balaban J connectivity index is 1.56. The van der Waals surface area contributed by atoms with E-state index >= 15 is 0 Å². The molecule has 2 aromatic heterocycles. The van der Waals surface area contributed by atoms with Crippen molar-refractivity contribution in [3.05, 3.63) is 84.1 Å². The van der Waals surface area contributed by atoms with Crippen LogP contribution in [0.3, 0.4) is 0 Å². The zero-order chi connectivity index (χ0) is 22.7. The van der Waals surface area contributed by atoms with Crippen LogP contribution in [-0.4, -0.2) is 29.5 Å². The lowest BCUT2D eigenvalue weighted by atomic mass is 10.1. The predicted molar refractivity (Wildman–Crippen MR) is 112 cm³/mol. The molecular formula is C23H16F3N3O3. The molecule has 0 aliphatic rings. The molecule has 9 heteroatoms. The lowest BCUT2D eigenvalue weighted by Crippen LogP contribution is -2.33.